The molecular weight excluding hydrogens is 135 g/mol. The highest BCUT2D eigenvalue weighted by atomic mass is 32.1. The summed E-state index contributed by atoms with van der Waals surface area (Å²) < 4.78 is 12.3. The first kappa shape index (κ1) is 6.62. The van der Waals surface area contributed by atoms with E-state index in [0.29, 0.717) is 4.90 Å². The highest BCUT2D eigenvalue weighted by molar-refractivity contribution is 7.80. The lowest BCUT2D eigenvalue weighted by atomic mass is 10.2. The molecule has 0 heterocycles. The average Bonchev–Trinajstić information content (AvgIpc) is 1.80. The molecule has 0 radical (unpaired) electrons. The van der Waals surface area contributed by atoms with Gasteiger partial charge in [-0.05, 0) is 24.6 Å². The van der Waals surface area contributed by atoms with Crippen molar-refractivity contribution in [2.45, 2.75) is 11.8 Å². The summed E-state index contributed by atoms with van der Waals surface area (Å²) in [5.74, 6) is -0.231. The van der Waals surface area contributed by atoms with E-state index >= 15 is 0 Å². The molecule has 0 N–H and O–H groups in total. The number of halogens is 1. The molecule has 0 spiro atoms. The Morgan fingerprint density at radius 3 is 2.56 bits per heavy atom. The fraction of sp³-hybridized carbons (Fsp3) is 0.143. The minimum atomic E-state index is -0.231. The van der Waals surface area contributed by atoms with Gasteiger partial charge in [-0.3, -0.25) is 0 Å². The molecule has 0 nitrogen and oxygen atoms in total. The second-order valence-corrected chi connectivity index (χ2v) is 2.41. The fourth-order valence-corrected chi connectivity index (χ4v) is 0.780. The molecule has 0 unspecified atom stereocenters. The van der Waals surface area contributed by atoms with Crippen molar-refractivity contribution in [3.05, 3.63) is 29.6 Å². The van der Waals surface area contributed by atoms with Crippen molar-refractivity contribution in [3.8, 4) is 0 Å². The lowest BCUT2D eigenvalue weighted by Gasteiger charge is -1.95. The summed E-state index contributed by atoms with van der Waals surface area (Å²) in [6, 6.07) is 4.53. The highest BCUT2D eigenvalue weighted by Crippen LogP contribution is 2.12. The van der Waals surface area contributed by atoms with E-state index in [-0.39, 0.29) is 5.82 Å². The summed E-state index contributed by atoms with van der Waals surface area (Å²) in [5, 5.41) is 0. The van der Waals surface area contributed by atoms with E-state index in [4.69, 9.17) is 0 Å². The van der Waals surface area contributed by atoms with Crippen LogP contribution in [0.5, 0.6) is 0 Å². The van der Waals surface area contributed by atoms with Crippen LogP contribution in [0.1, 0.15) is 5.56 Å². The Morgan fingerprint density at radius 2 is 2.11 bits per heavy atom. The third-order valence-electron chi connectivity index (χ3n) is 1.17. The van der Waals surface area contributed by atoms with Crippen molar-refractivity contribution in [3.63, 3.8) is 0 Å². The SMILES string of the molecule is Cc1ccc(F)cc1S. The third-order valence-corrected chi connectivity index (χ3v) is 1.65. The monoisotopic (exact) mass is 142 g/mol. The molecule has 9 heavy (non-hydrogen) atoms. The molecule has 0 saturated heterocycles. The molecule has 0 fully saturated rings. The van der Waals surface area contributed by atoms with Crippen LogP contribution in [0.4, 0.5) is 4.39 Å². The number of benzene rings is 1. The third kappa shape index (κ3) is 1.45. The first-order chi connectivity index (χ1) is 4.20. The molecule has 0 aromatic heterocycles. The van der Waals surface area contributed by atoms with Crippen LogP contribution in [0.15, 0.2) is 23.1 Å². The van der Waals surface area contributed by atoms with Gasteiger partial charge in [-0.15, -0.1) is 12.6 Å². The van der Waals surface area contributed by atoms with Gasteiger partial charge >= 0.3 is 0 Å². The van der Waals surface area contributed by atoms with Crippen molar-refractivity contribution in [2.75, 3.05) is 0 Å². The average molecular weight is 142 g/mol. The minimum Gasteiger partial charge on any atom is -0.207 e. The molecule has 1 aromatic carbocycles. The molecule has 0 aliphatic rings. The van der Waals surface area contributed by atoms with Crippen LogP contribution in [-0.2, 0) is 0 Å². The summed E-state index contributed by atoms with van der Waals surface area (Å²) in [6.45, 7) is 1.89. The summed E-state index contributed by atoms with van der Waals surface area (Å²) in [7, 11) is 0. The van der Waals surface area contributed by atoms with Crippen LogP contribution >= 0.6 is 12.6 Å². The van der Waals surface area contributed by atoms with Gasteiger partial charge in [-0.25, -0.2) is 4.39 Å². The standard InChI is InChI=1S/C7H7FS/c1-5-2-3-6(8)4-7(5)9/h2-4,9H,1H3. The predicted octanol–water partition coefficient (Wildman–Crippen LogP) is 2.42. The Morgan fingerprint density at radius 1 is 1.44 bits per heavy atom. The first-order valence-electron chi connectivity index (χ1n) is 2.65. The Hall–Kier alpha value is -0.500. The van der Waals surface area contributed by atoms with Crippen LogP contribution in [0.2, 0.25) is 0 Å². The van der Waals surface area contributed by atoms with E-state index < -0.39 is 0 Å². The van der Waals surface area contributed by atoms with Crippen molar-refractivity contribution >= 4 is 12.6 Å². The first-order valence-corrected chi connectivity index (χ1v) is 3.10. The minimum absolute atomic E-state index is 0.231. The van der Waals surface area contributed by atoms with Gasteiger partial charge in [0.1, 0.15) is 5.82 Å². The highest BCUT2D eigenvalue weighted by Gasteiger charge is 1.92. The summed E-state index contributed by atoms with van der Waals surface area (Å²) >= 11 is 4.03. The van der Waals surface area contributed by atoms with Crippen LogP contribution < -0.4 is 0 Å². The van der Waals surface area contributed by atoms with Crippen LogP contribution in [0, 0.1) is 12.7 Å². The molecule has 0 bridgehead atoms. The van der Waals surface area contributed by atoms with Gasteiger partial charge in [0.05, 0.1) is 0 Å². The number of rotatable bonds is 0. The second kappa shape index (κ2) is 2.40. The van der Waals surface area contributed by atoms with Crippen molar-refractivity contribution in [1.82, 2.24) is 0 Å². The Bertz CT molecular complexity index is 220. The number of hydrogen-bond acceptors (Lipinski definition) is 1. The molecule has 0 saturated carbocycles. The molecule has 0 aliphatic carbocycles. The van der Waals surface area contributed by atoms with Crippen molar-refractivity contribution in [1.29, 1.82) is 0 Å². The summed E-state index contributed by atoms with van der Waals surface area (Å²) in [4.78, 5) is 0.704. The lowest BCUT2D eigenvalue weighted by molar-refractivity contribution is 0.623. The van der Waals surface area contributed by atoms with Crippen LogP contribution in [0.3, 0.4) is 0 Å². The van der Waals surface area contributed by atoms with Crippen LogP contribution in [-0.4, -0.2) is 0 Å². The topological polar surface area (TPSA) is 0 Å². The molecule has 1 aromatic rings. The number of aryl methyl sites for hydroxylation is 1. The van der Waals surface area contributed by atoms with Crippen molar-refractivity contribution < 1.29 is 4.39 Å². The number of hydrogen-bond donors (Lipinski definition) is 1. The quantitative estimate of drug-likeness (QED) is 0.528. The van der Waals surface area contributed by atoms with Gasteiger partial charge in [-0.2, -0.15) is 0 Å². The van der Waals surface area contributed by atoms with Gasteiger partial charge in [0.2, 0.25) is 0 Å². The predicted molar refractivity (Wildman–Crippen MR) is 38.4 cm³/mol. The maximum absolute atomic E-state index is 12.3. The summed E-state index contributed by atoms with van der Waals surface area (Å²) in [5.41, 5.74) is 1.000. The van der Waals surface area contributed by atoms with E-state index in [1.54, 1.807) is 6.07 Å². The van der Waals surface area contributed by atoms with Gasteiger partial charge in [0.25, 0.3) is 0 Å². The maximum Gasteiger partial charge on any atom is 0.124 e. The fourth-order valence-electron chi connectivity index (χ4n) is 0.583. The van der Waals surface area contributed by atoms with E-state index in [2.05, 4.69) is 12.6 Å². The zero-order valence-corrected chi connectivity index (χ0v) is 5.95. The van der Waals surface area contributed by atoms with Gasteiger partial charge in [0, 0.05) is 4.90 Å². The summed E-state index contributed by atoms with van der Waals surface area (Å²) in [6.07, 6.45) is 0. The van der Waals surface area contributed by atoms with E-state index in [1.165, 1.54) is 12.1 Å². The van der Waals surface area contributed by atoms with Gasteiger partial charge in [-0.1, -0.05) is 6.07 Å². The molecular formula is C7H7FS. The Labute approximate surface area is 59.1 Å². The molecule has 0 aliphatic heterocycles. The molecule has 0 atom stereocenters. The largest absolute Gasteiger partial charge is 0.207 e. The Kier molecular flexibility index (Phi) is 1.76. The van der Waals surface area contributed by atoms with E-state index in [9.17, 15) is 4.39 Å². The second-order valence-electron chi connectivity index (χ2n) is 1.93. The molecule has 0 amide bonds. The zero-order valence-electron chi connectivity index (χ0n) is 5.06. The van der Waals surface area contributed by atoms with Crippen molar-refractivity contribution in [2.24, 2.45) is 0 Å². The molecule has 2 heteroatoms. The van der Waals surface area contributed by atoms with Gasteiger partial charge < -0.3 is 0 Å². The smallest absolute Gasteiger partial charge is 0.124 e. The maximum atomic E-state index is 12.3. The number of thiol groups is 1. The Balaban J connectivity index is 3.17. The normalized spacial score (nSPS) is 9.67. The van der Waals surface area contributed by atoms with Crippen LogP contribution in [0.25, 0.3) is 0 Å². The van der Waals surface area contributed by atoms with Gasteiger partial charge in [0.15, 0.2) is 0 Å². The zero-order chi connectivity index (χ0) is 6.85. The lowest BCUT2D eigenvalue weighted by Crippen LogP contribution is -1.77. The molecule has 1 rings (SSSR count). The van der Waals surface area contributed by atoms with E-state index in [1.807, 2.05) is 6.92 Å². The molecule has 48 valence electrons. The van der Waals surface area contributed by atoms with E-state index in [0.717, 1.165) is 5.56 Å².